The van der Waals surface area contributed by atoms with Crippen molar-refractivity contribution in [2.24, 2.45) is 0 Å². The van der Waals surface area contributed by atoms with Crippen LogP contribution >= 0.6 is 11.8 Å². The van der Waals surface area contributed by atoms with Crippen molar-refractivity contribution >= 4 is 17.7 Å². The van der Waals surface area contributed by atoms with E-state index >= 15 is 0 Å². The van der Waals surface area contributed by atoms with Crippen molar-refractivity contribution in [1.29, 1.82) is 0 Å². The zero-order chi connectivity index (χ0) is 9.97. The van der Waals surface area contributed by atoms with E-state index in [1.165, 1.54) is 11.1 Å². The van der Waals surface area contributed by atoms with E-state index in [0.717, 1.165) is 12.2 Å². The van der Waals surface area contributed by atoms with Crippen molar-refractivity contribution in [2.45, 2.75) is 18.1 Å². The van der Waals surface area contributed by atoms with Crippen LogP contribution < -0.4 is 0 Å². The number of carboxylic acids is 1. The summed E-state index contributed by atoms with van der Waals surface area (Å²) < 4.78 is 0. The first kappa shape index (κ1) is 9.59. The highest BCUT2D eigenvalue weighted by atomic mass is 32.2. The molecule has 1 aliphatic rings. The molecule has 1 unspecified atom stereocenters. The minimum Gasteiger partial charge on any atom is -0.481 e. The lowest BCUT2D eigenvalue weighted by Crippen LogP contribution is -2.11. The summed E-state index contributed by atoms with van der Waals surface area (Å²) in [6.07, 6.45) is 1.30. The molecule has 0 spiro atoms. The zero-order valence-corrected chi connectivity index (χ0v) is 8.59. The van der Waals surface area contributed by atoms with Crippen LogP contribution in [0.25, 0.3) is 0 Å². The van der Waals surface area contributed by atoms with Gasteiger partial charge in [-0.2, -0.15) is 11.8 Å². The maximum atomic E-state index is 10.7. The quantitative estimate of drug-likeness (QED) is 0.811. The van der Waals surface area contributed by atoms with E-state index in [2.05, 4.69) is 12.1 Å². The first-order chi connectivity index (χ1) is 6.77. The number of rotatable bonds is 2. The van der Waals surface area contributed by atoms with E-state index in [4.69, 9.17) is 5.11 Å². The molecule has 2 rings (SSSR count). The largest absolute Gasteiger partial charge is 0.481 e. The van der Waals surface area contributed by atoms with Gasteiger partial charge in [0.1, 0.15) is 0 Å². The predicted molar refractivity (Wildman–Crippen MR) is 57.6 cm³/mol. The van der Waals surface area contributed by atoms with Gasteiger partial charge in [-0.3, -0.25) is 4.79 Å². The number of fused-ring (bicyclic) bond motifs is 1. The minimum atomic E-state index is -0.709. The fraction of sp³-hybridized carbons (Fsp3) is 0.364. The summed E-state index contributed by atoms with van der Waals surface area (Å²) >= 11 is 1.75. The van der Waals surface area contributed by atoms with Crippen molar-refractivity contribution in [3.63, 3.8) is 0 Å². The van der Waals surface area contributed by atoms with E-state index < -0.39 is 5.97 Å². The Kier molecular flexibility index (Phi) is 2.77. The lowest BCUT2D eigenvalue weighted by Gasteiger charge is -2.23. The smallest absolute Gasteiger partial charge is 0.304 e. The standard InChI is InChI=1S/C11H12O2S/c12-11(13)7-10-9-4-2-1-3-8(9)5-6-14-10/h1-4,10H,5-7H2,(H,12,13). The Balaban J connectivity index is 2.26. The van der Waals surface area contributed by atoms with Crippen LogP contribution in [-0.2, 0) is 11.2 Å². The van der Waals surface area contributed by atoms with E-state index in [0.29, 0.717) is 0 Å². The normalized spacial score (nSPS) is 20.1. The second kappa shape index (κ2) is 4.05. The summed E-state index contributed by atoms with van der Waals surface area (Å²) in [6.45, 7) is 0. The lowest BCUT2D eigenvalue weighted by molar-refractivity contribution is -0.137. The highest BCUT2D eigenvalue weighted by molar-refractivity contribution is 7.99. The monoisotopic (exact) mass is 208 g/mol. The van der Waals surface area contributed by atoms with Gasteiger partial charge in [-0.25, -0.2) is 0 Å². The molecule has 1 heterocycles. The number of thioether (sulfide) groups is 1. The van der Waals surface area contributed by atoms with Gasteiger partial charge in [0.15, 0.2) is 0 Å². The van der Waals surface area contributed by atoms with Crippen molar-refractivity contribution in [3.05, 3.63) is 35.4 Å². The van der Waals surface area contributed by atoms with Crippen LogP contribution in [0.15, 0.2) is 24.3 Å². The molecule has 0 amide bonds. The summed E-state index contributed by atoms with van der Waals surface area (Å²) in [5.74, 6) is 0.328. The van der Waals surface area contributed by atoms with E-state index in [-0.39, 0.29) is 11.7 Å². The fourth-order valence-corrected chi connectivity index (χ4v) is 3.10. The van der Waals surface area contributed by atoms with Crippen LogP contribution in [0.4, 0.5) is 0 Å². The summed E-state index contributed by atoms with van der Waals surface area (Å²) in [5.41, 5.74) is 2.53. The van der Waals surface area contributed by atoms with Gasteiger partial charge in [0, 0.05) is 5.25 Å². The molecule has 0 radical (unpaired) electrons. The van der Waals surface area contributed by atoms with Crippen molar-refractivity contribution in [2.75, 3.05) is 5.75 Å². The molecule has 0 saturated carbocycles. The Morgan fingerprint density at radius 1 is 1.50 bits per heavy atom. The van der Waals surface area contributed by atoms with E-state index in [1.807, 2.05) is 12.1 Å². The molecule has 1 atom stereocenters. The van der Waals surface area contributed by atoms with Gasteiger partial charge in [0.05, 0.1) is 6.42 Å². The Labute approximate surface area is 87.3 Å². The first-order valence-corrected chi connectivity index (χ1v) is 5.73. The average molecular weight is 208 g/mol. The van der Waals surface area contributed by atoms with Gasteiger partial charge in [-0.05, 0) is 23.3 Å². The molecule has 1 N–H and O–H groups in total. The molecule has 3 heteroatoms. The van der Waals surface area contributed by atoms with Crippen LogP contribution in [0.3, 0.4) is 0 Å². The van der Waals surface area contributed by atoms with Crippen LogP contribution in [-0.4, -0.2) is 16.8 Å². The molecule has 0 aromatic heterocycles. The summed E-state index contributed by atoms with van der Waals surface area (Å²) in [6, 6.07) is 8.16. The van der Waals surface area contributed by atoms with Gasteiger partial charge in [0.2, 0.25) is 0 Å². The lowest BCUT2D eigenvalue weighted by atomic mass is 10.00. The summed E-state index contributed by atoms with van der Waals surface area (Å²) in [4.78, 5) is 10.7. The first-order valence-electron chi connectivity index (χ1n) is 4.68. The Morgan fingerprint density at radius 3 is 3.07 bits per heavy atom. The van der Waals surface area contributed by atoms with Crippen molar-refractivity contribution in [1.82, 2.24) is 0 Å². The number of hydrogen-bond donors (Lipinski definition) is 1. The summed E-state index contributed by atoms with van der Waals surface area (Å²) in [5, 5.41) is 8.93. The molecular weight excluding hydrogens is 196 g/mol. The van der Waals surface area contributed by atoms with Crippen LogP contribution in [0.2, 0.25) is 0 Å². The minimum absolute atomic E-state index is 0.150. The molecule has 2 nitrogen and oxygen atoms in total. The van der Waals surface area contributed by atoms with Gasteiger partial charge in [-0.15, -0.1) is 0 Å². The molecule has 1 aromatic rings. The highest BCUT2D eigenvalue weighted by Crippen LogP contribution is 2.38. The van der Waals surface area contributed by atoms with Gasteiger partial charge in [0.25, 0.3) is 0 Å². The van der Waals surface area contributed by atoms with Gasteiger partial charge < -0.3 is 5.11 Å². The molecular formula is C11H12O2S. The van der Waals surface area contributed by atoms with Crippen LogP contribution in [0, 0.1) is 0 Å². The van der Waals surface area contributed by atoms with Gasteiger partial charge >= 0.3 is 5.97 Å². The van der Waals surface area contributed by atoms with Crippen LogP contribution in [0.5, 0.6) is 0 Å². The Bertz CT molecular complexity index is 349. The molecule has 0 saturated heterocycles. The Hall–Kier alpha value is -0.960. The third kappa shape index (κ3) is 1.93. The maximum absolute atomic E-state index is 10.7. The number of aryl methyl sites for hydroxylation is 1. The molecule has 0 bridgehead atoms. The number of carboxylic acid groups (broad SMARTS) is 1. The Morgan fingerprint density at radius 2 is 2.29 bits per heavy atom. The molecule has 74 valence electrons. The number of hydrogen-bond acceptors (Lipinski definition) is 2. The van der Waals surface area contributed by atoms with E-state index in [9.17, 15) is 4.79 Å². The average Bonchev–Trinajstić information content (AvgIpc) is 2.18. The predicted octanol–water partition coefficient (Wildman–Crippen LogP) is 2.49. The third-order valence-corrected chi connectivity index (χ3v) is 3.72. The molecule has 14 heavy (non-hydrogen) atoms. The fourth-order valence-electron chi connectivity index (χ4n) is 1.80. The number of benzene rings is 1. The molecule has 0 aliphatic carbocycles. The topological polar surface area (TPSA) is 37.3 Å². The van der Waals surface area contributed by atoms with Crippen LogP contribution in [0.1, 0.15) is 22.8 Å². The van der Waals surface area contributed by atoms with E-state index in [1.54, 1.807) is 11.8 Å². The zero-order valence-electron chi connectivity index (χ0n) is 7.77. The molecule has 1 aliphatic heterocycles. The third-order valence-electron chi connectivity index (χ3n) is 2.45. The second-order valence-corrected chi connectivity index (χ2v) is 4.72. The highest BCUT2D eigenvalue weighted by Gasteiger charge is 2.22. The second-order valence-electron chi connectivity index (χ2n) is 3.41. The molecule has 1 aromatic carbocycles. The number of aliphatic carboxylic acids is 1. The van der Waals surface area contributed by atoms with Gasteiger partial charge in [-0.1, -0.05) is 24.3 Å². The SMILES string of the molecule is O=C(O)CC1SCCc2ccccc21. The summed E-state index contributed by atoms with van der Waals surface area (Å²) in [7, 11) is 0. The molecule has 0 fully saturated rings. The van der Waals surface area contributed by atoms with Crippen molar-refractivity contribution < 1.29 is 9.90 Å². The number of carbonyl (C=O) groups is 1. The maximum Gasteiger partial charge on any atom is 0.304 e. The van der Waals surface area contributed by atoms with Crippen molar-refractivity contribution in [3.8, 4) is 0 Å².